The zero-order chi connectivity index (χ0) is 28.3. The molecule has 208 valence electrons. The lowest BCUT2D eigenvalue weighted by Crippen LogP contribution is -2.43. The van der Waals surface area contributed by atoms with E-state index in [9.17, 15) is 14.4 Å². The number of hydrogen-bond acceptors (Lipinski definition) is 8. The van der Waals surface area contributed by atoms with Crippen molar-refractivity contribution >= 4 is 29.8 Å². The van der Waals surface area contributed by atoms with Crippen LogP contribution in [-0.4, -0.2) is 56.0 Å². The van der Waals surface area contributed by atoms with Crippen molar-refractivity contribution in [2.45, 2.75) is 71.3 Å². The maximum atomic E-state index is 12.6. The predicted molar refractivity (Wildman–Crippen MR) is 143 cm³/mol. The summed E-state index contributed by atoms with van der Waals surface area (Å²) in [5.74, 6) is -0.753. The van der Waals surface area contributed by atoms with Crippen molar-refractivity contribution in [1.82, 2.24) is 5.32 Å². The first-order valence-corrected chi connectivity index (χ1v) is 12.6. The van der Waals surface area contributed by atoms with E-state index in [4.69, 9.17) is 35.3 Å². The first-order valence-electron chi connectivity index (χ1n) is 12.2. The fourth-order valence-electron chi connectivity index (χ4n) is 3.46. The van der Waals surface area contributed by atoms with E-state index in [0.717, 1.165) is 16.7 Å². The molecule has 0 spiro atoms. The van der Waals surface area contributed by atoms with E-state index in [1.807, 2.05) is 48.5 Å². The van der Waals surface area contributed by atoms with Crippen LogP contribution in [0.25, 0.3) is 11.1 Å². The van der Waals surface area contributed by atoms with Crippen LogP contribution in [0, 0.1) is 0 Å². The number of carbonyl (C=O) groups is 3. The van der Waals surface area contributed by atoms with Crippen LogP contribution in [0.1, 0.15) is 46.6 Å². The number of amides is 1. The van der Waals surface area contributed by atoms with E-state index >= 15 is 0 Å². The summed E-state index contributed by atoms with van der Waals surface area (Å²) in [5.41, 5.74) is 2.19. The molecule has 1 amide bonds. The Morgan fingerprint density at radius 2 is 1.66 bits per heavy atom. The number of benzene rings is 2. The van der Waals surface area contributed by atoms with Crippen molar-refractivity contribution in [3.63, 3.8) is 0 Å². The topological polar surface area (TPSA) is 109 Å². The van der Waals surface area contributed by atoms with Gasteiger partial charge in [0.2, 0.25) is 6.79 Å². The Labute approximate surface area is 228 Å². The maximum absolute atomic E-state index is 12.6. The second-order valence-electron chi connectivity index (χ2n) is 9.86. The molecule has 0 aliphatic rings. The highest BCUT2D eigenvalue weighted by atomic mass is 35.5. The van der Waals surface area contributed by atoms with Gasteiger partial charge in [-0.05, 0) is 69.9 Å². The van der Waals surface area contributed by atoms with Gasteiger partial charge < -0.3 is 29.0 Å². The quantitative estimate of drug-likeness (QED) is 0.209. The summed E-state index contributed by atoms with van der Waals surface area (Å²) in [6, 6.07) is 14.8. The number of carbonyl (C=O) groups excluding carboxylic acids is 3. The van der Waals surface area contributed by atoms with Gasteiger partial charge in [0.25, 0.3) is 0 Å². The molecule has 0 bridgehead atoms. The zero-order valence-electron chi connectivity index (χ0n) is 22.6. The summed E-state index contributed by atoms with van der Waals surface area (Å²) in [5, 5.41) is 3.47. The Balaban J connectivity index is 2.09. The fraction of sp³-hybridized carbons (Fsp3) is 0.464. The molecule has 2 rings (SSSR count). The second kappa shape index (κ2) is 14.6. The number of methoxy groups -OCH3 is 1. The molecule has 1 N–H and O–H groups in total. The van der Waals surface area contributed by atoms with Crippen LogP contribution in [-0.2, 0) is 34.9 Å². The molecule has 2 atom stereocenters. The van der Waals surface area contributed by atoms with Gasteiger partial charge in [0, 0.05) is 24.6 Å². The molecule has 38 heavy (non-hydrogen) atoms. The van der Waals surface area contributed by atoms with Crippen molar-refractivity contribution < 1.29 is 38.1 Å². The van der Waals surface area contributed by atoms with Crippen molar-refractivity contribution in [2.75, 3.05) is 13.9 Å². The maximum Gasteiger partial charge on any atom is 0.511 e. The third-order valence-electron chi connectivity index (χ3n) is 5.07. The van der Waals surface area contributed by atoms with Crippen LogP contribution in [0.5, 0.6) is 0 Å². The number of esters is 1. The molecule has 0 saturated carbocycles. The SMILES string of the molecule is COC(CC(Cc1ccc(-c2cccc(Cl)c2)cc1)NC(=O)OC(C)(C)C)C(=O)OCOC(=O)OC(C)C. The van der Waals surface area contributed by atoms with E-state index in [0.29, 0.717) is 11.4 Å². The third kappa shape index (κ3) is 11.4. The van der Waals surface area contributed by atoms with E-state index in [-0.39, 0.29) is 12.5 Å². The molecule has 9 nitrogen and oxygen atoms in total. The lowest BCUT2D eigenvalue weighted by molar-refractivity contribution is -0.166. The average Bonchev–Trinajstić information content (AvgIpc) is 2.81. The number of halogens is 1. The lowest BCUT2D eigenvalue weighted by Gasteiger charge is -2.25. The molecule has 0 aromatic heterocycles. The molecule has 0 aliphatic heterocycles. The second-order valence-corrected chi connectivity index (χ2v) is 10.3. The van der Waals surface area contributed by atoms with Gasteiger partial charge in [0.1, 0.15) is 5.60 Å². The molecular formula is C28H36ClNO8. The molecule has 2 aromatic rings. The Bertz CT molecular complexity index is 1070. The number of nitrogens with one attached hydrogen (secondary N) is 1. The largest absolute Gasteiger partial charge is 0.511 e. The molecule has 0 aliphatic carbocycles. The van der Waals surface area contributed by atoms with Gasteiger partial charge in [-0.15, -0.1) is 0 Å². The number of rotatable bonds is 11. The molecule has 2 unspecified atom stereocenters. The minimum absolute atomic E-state index is 0.0844. The molecule has 0 radical (unpaired) electrons. The smallest absolute Gasteiger partial charge is 0.444 e. The average molecular weight is 550 g/mol. The first-order chi connectivity index (χ1) is 17.9. The highest BCUT2D eigenvalue weighted by Gasteiger charge is 2.27. The monoisotopic (exact) mass is 549 g/mol. The minimum Gasteiger partial charge on any atom is -0.444 e. The van der Waals surface area contributed by atoms with E-state index in [1.165, 1.54) is 7.11 Å². The van der Waals surface area contributed by atoms with Crippen LogP contribution >= 0.6 is 11.6 Å². The first kappa shape index (κ1) is 30.9. The van der Waals surface area contributed by atoms with Gasteiger partial charge in [-0.3, -0.25) is 0 Å². The number of ether oxygens (including phenoxy) is 5. The molecule has 0 saturated heterocycles. The van der Waals surface area contributed by atoms with Crippen molar-refractivity contribution in [1.29, 1.82) is 0 Å². The third-order valence-corrected chi connectivity index (χ3v) is 5.31. The Hall–Kier alpha value is -3.30. The van der Waals surface area contributed by atoms with Gasteiger partial charge in [0.15, 0.2) is 6.10 Å². The fourth-order valence-corrected chi connectivity index (χ4v) is 3.65. The van der Waals surface area contributed by atoms with Gasteiger partial charge in [-0.2, -0.15) is 0 Å². The van der Waals surface area contributed by atoms with Crippen molar-refractivity contribution in [3.8, 4) is 11.1 Å². The highest BCUT2D eigenvalue weighted by Crippen LogP contribution is 2.24. The van der Waals surface area contributed by atoms with Gasteiger partial charge >= 0.3 is 18.2 Å². The minimum atomic E-state index is -1.04. The van der Waals surface area contributed by atoms with Crippen LogP contribution in [0.15, 0.2) is 48.5 Å². The van der Waals surface area contributed by atoms with Crippen LogP contribution in [0.2, 0.25) is 5.02 Å². The summed E-state index contributed by atoms with van der Waals surface area (Å²) in [4.78, 5) is 36.6. The Kier molecular flexibility index (Phi) is 11.9. The van der Waals surface area contributed by atoms with Crippen LogP contribution < -0.4 is 5.32 Å². The van der Waals surface area contributed by atoms with Gasteiger partial charge in [-0.25, -0.2) is 14.4 Å². The zero-order valence-corrected chi connectivity index (χ0v) is 23.4. The Morgan fingerprint density at radius 1 is 0.974 bits per heavy atom. The normalized spacial score (nSPS) is 12.8. The van der Waals surface area contributed by atoms with Crippen LogP contribution in [0.4, 0.5) is 9.59 Å². The van der Waals surface area contributed by atoms with Gasteiger partial charge in [-0.1, -0.05) is 48.0 Å². The van der Waals surface area contributed by atoms with E-state index in [2.05, 4.69) is 5.32 Å². The molecule has 0 heterocycles. The summed E-state index contributed by atoms with van der Waals surface area (Å²) >= 11 is 6.11. The van der Waals surface area contributed by atoms with Crippen LogP contribution in [0.3, 0.4) is 0 Å². The van der Waals surface area contributed by atoms with E-state index in [1.54, 1.807) is 34.6 Å². The summed E-state index contributed by atoms with van der Waals surface area (Å²) in [6.45, 7) is 7.98. The predicted octanol–water partition coefficient (Wildman–Crippen LogP) is 5.91. The standard InChI is InChI=1S/C28H36ClNO8/c1-18(2)37-27(33)36-17-35-25(31)24(34-6)16-23(30-26(32)38-28(3,4)5)14-19-10-12-20(13-11-19)21-8-7-9-22(29)15-21/h7-13,15,18,23-24H,14,16-17H2,1-6H3,(H,30,32). The summed E-state index contributed by atoms with van der Waals surface area (Å²) in [7, 11) is 1.35. The van der Waals surface area contributed by atoms with Crippen molar-refractivity contribution in [3.05, 3.63) is 59.1 Å². The highest BCUT2D eigenvalue weighted by molar-refractivity contribution is 6.30. The van der Waals surface area contributed by atoms with E-state index < -0.39 is 42.8 Å². The molecule has 2 aromatic carbocycles. The number of hydrogen-bond donors (Lipinski definition) is 1. The Morgan fingerprint density at radius 3 is 2.24 bits per heavy atom. The molecule has 0 fully saturated rings. The summed E-state index contributed by atoms with van der Waals surface area (Å²) in [6.07, 6.45) is -2.51. The lowest BCUT2D eigenvalue weighted by atomic mass is 9.98. The number of alkyl carbamates (subject to hydrolysis) is 1. The molecular weight excluding hydrogens is 514 g/mol. The molecule has 10 heteroatoms. The van der Waals surface area contributed by atoms with Gasteiger partial charge in [0.05, 0.1) is 6.10 Å². The van der Waals surface area contributed by atoms with Crippen molar-refractivity contribution in [2.24, 2.45) is 0 Å². The summed E-state index contributed by atoms with van der Waals surface area (Å²) < 4.78 is 25.3.